The fraction of sp³-hybridized carbons (Fsp3) is 0.207. The van der Waals surface area contributed by atoms with Crippen LogP contribution in [0.4, 0.5) is 5.69 Å². The Balaban J connectivity index is 1.40. The highest BCUT2D eigenvalue weighted by Crippen LogP contribution is 2.15. The SMILES string of the molecule is COc1ccc(C(=O)C(C)OC(=O)CCC(=O)Nc2ccc(C(=O)OCC(=O)c3ccccc3)cc2)cc1. The first-order valence-corrected chi connectivity index (χ1v) is 11.8. The minimum absolute atomic E-state index is 0.159. The lowest BCUT2D eigenvalue weighted by molar-refractivity contribution is -0.147. The number of methoxy groups -OCH3 is 1. The molecule has 0 saturated heterocycles. The Labute approximate surface area is 219 Å². The Morgan fingerprint density at radius 1 is 0.763 bits per heavy atom. The topological polar surface area (TPSA) is 125 Å². The average molecular weight is 518 g/mol. The third-order valence-electron chi connectivity index (χ3n) is 5.44. The minimum Gasteiger partial charge on any atom is -0.497 e. The first kappa shape index (κ1) is 27.8. The van der Waals surface area contributed by atoms with Gasteiger partial charge in [0.2, 0.25) is 11.7 Å². The Bertz CT molecular complexity index is 1280. The third kappa shape index (κ3) is 8.12. The molecule has 3 aromatic carbocycles. The van der Waals surface area contributed by atoms with E-state index < -0.39 is 23.9 Å². The number of rotatable bonds is 12. The van der Waals surface area contributed by atoms with Gasteiger partial charge < -0.3 is 19.5 Å². The third-order valence-corrected chi connectivity index (χ3v) is 5.44. The molecule has 0 aliphatic rings. The van der Waals surface area contributed by atoms with Crippen molar-refractivity contribution in [1.29, 1.82) is 0 Å². The molecule has 1 atom stereocenters. The molecule has 0 spiro atoms. The van der Waals surface area contributed by atoms with Gasteiger partial charge in [0, 0.05) is 23.2 Å². The van der Waals surface area contributed by atoms with Crippen LogP contribution in [0.15, 0.2) is 78.9 Å². The largest absolute Gasteiger partial charge is 0.497 e. The zero-order valence-corrected chi connectivity index (χ0v) is 21.0. The Kier molecular flexibility index (Phi) is 9.87. The highest BCUT2D eigenvalue weighted by atomic mass is 16.5. The van der Waals surface area contributed by atoms with E-state index in [1.807, 2.05) is 0 Å². The molecule has 3 rings (SSSR count). The maximum atomic E-state index is 12.4. The number of carbonyl (C=O) groups is 5. The summed E-state index contributed by atoms with van der Waals surface area (Å²) in [4.78, 5) is 61.0. The molecule has 0 radical (unpaired) electrons. The van der Waals surface area contributed by atoms with E-state index in [-0.39, 0.29) is 36.6 Å². The fourth-order valence-electron chi connectivity index (χ4n) is 3.35. The van der Waals surface area contributed by atoms with E-state index in [9.17, 15) is 24.0 Å². The van der Waals surface area contributed by atoms with Crippen LogP contribution >= 0.6 is 0 Å². The van der Waals surface area contributed by atoms with Crippen molar-refractivity contribution in [3.05, 3.63) is 95.6 Å². The second-order valence-corrected chi connectivity index (χ2v) is 8.22. The van der Waals surface area contributed by atoms with Gasteiger partial charge in [0.1, 0.15) is 5.75 Å². The zero-order chi connectivity index (χ0) is 27.5. The zero-order valence-electron chi connectivity index (χ0n) is 21.0. The van der Waals surface area contributed by atoms with Crippen molar-refractivity contribution in [1.82, 2.24) is 0 Å². The number of benzene rings is 3. The summed E-state index contributed by atoms with van der Waals surface area (Å²) in [5.41, 5.74) is 1.44. The molecule has 0 fully saturated rings. The van der Waals surface area contributed by atoms with Crippen molar-refractivity contribution in [2.45, 2.75) is 25.9 Å². The van der Waals surface area contributed by atoms with E-state index in [0.717, 1.165) is 0 Å². The highest BCUT2D eigenvalue weighted by Gasteiger charge is 2.20. The number of Topliss-reactive ketones (excluding diaryl/α,β-unsaturated/α-hetero) is 2. The smallest absolute Gasteiger partial charge is 0.338 e. The van der Waals surface area contributed by atoms with Gasteiger partial charge in [-0.1, -0.05) is 30.3 Å². The van der Waals surface area contributed by atoms with Gasteiger partial charge in [0.05, 0.1) is 19.1 Å². The summed E-state index contributed by atoms with van der Waals surface area (Å²) in [6.45, 7) is 1.08. The number of amides is 1. The highest BCUT2D eigenvalue weighted by molar-refractivity contribution is 6.01. The van der Waals surface area contributed by atoms with Gasteiger partial charge >= 0.3 is 11.9 Å². The molecule has 0 aliphatic heterocycles. The molecule has 0 bridgehead atoms. The van der Waals surface area contributed by atoms with Crippen molar-refractivity contribution in [2.24, 2.45) is 0 Å². The van der Waals surface area contributed by atoms with E-state index in [2.05, 4.69) is 5.32 Å². The summed E-state index contributed by atoms with van der Waals surface area (Å²) in [6.07, 6.45) is -1.38. The van der Waals surface area contributed by atoms with Crippen molar-refractivity contribution in [3.63, 3.8) is 0 Å². The summed E-state index contributed by atoms with van der Waals surface area (Å²) >= 11 is 0. The molecule has 196 valence electrons. The van der Waals surface area contributed by atoms with Crippen LogP contribution in [0, 0.1) is 0 Å². The number of ether oxygens (including phenoxy) is 3. The van der Waals surface area contributed by atoms with Gasteiger partial charge in [-0.3, -0.25) is 19.2 Å². The van der Waals surface area contributed by atoms with Gasteiger partial charge in [0.25, 0.3) is 0 Å². The molecule has 1 amide bonds. The number of esters is 2. The molecule has 38 heavy (non-hydrogen) atoms. The summed E-state index contributed by atoms with van der Waals surface area (Å²) in [5.74, 6) is -1.89. The molecule has 1 unspecified atom stereocenters. The van der Waals surface area contributed by atoms with Crippen molar-refractivity contribution >= 4 is 35.1 Å². The van der Waals surface area contributed by atoms with Crippen LogP contribution in [-0.2, 0) is 19.1 Å². The van der Waals surface area contributed by atoms with E-state index in [0.29, 0.717) is 22.6 Å². The van der Waals surface area contributed by atoms with Crippen LogP contribution in [0.2, 0.25) is 0 Å². The number of anilines is 1. The lowest BCUT2D eigenvalue weighted by atomic mass is 10.1. The number of ketones is 2. The normalized spacial score (nSPS) is 11.1. The Morgan fingerprint density at radius 2 is 1.39 bits per heavy atom. The van der Waals surface area contributed by atoms with Crippen LogP contribution in [0.5, 0.6) is 5.75 Å². The van der Waals surface area contributed by atoms with E-state index in [1.165, 1.54) is 38.3 Å². The van der Waals surface area contributed by atoms with E-state index in [4.69, 9.17) is 14.2 Å². The number of hydrogen-bond donors (Lipinski definition) is 1. The van der Waals surface area contributed by atoms with Gasteiger partial charge in [-0.15, -0.1) is 0 Å². The quantitative estimate of drug-likeness (QED) is 0.279. The van der Waals surface area contributed by atoms with Crippen LogP contribution in [-0.4, -0.2) is 49.2 Å². The van der Waals surface area contributed by atoms with Crippen molar-refractivity contribution in [2.75, 3.05) is 19.0 Å². The van der Waals surface area contributed by atoms with Gasteiger partial charge in [0.15, 0.2) is 18.5 Å². The van der Waals surface area contributed by atoms with Crippen LogP contribution < -0.4 is 10.1 Å². The van der Waals surface area contributed by atoms with Crippen LogP contribution in [0.1, 0.15) is 50.8 Å². The Morgan fingerprint density at radius 3 is 2.03 bits per heavy atom. The van der Waals surface area contributed by atoms with E-state index in [1.54, 1.807) is 54.6 Å². The lowest BCUT2D eigenvalue weighted by Crippen LogP contribution is -2.25. The molecule has 1 N–H and O–H groups in total. The molecular weight excluding hydrogens is 490 g/mol. The first-order chi connectivity index (χ1) is 18.3. The van der Waals surface area contributed by atoms with E-state index >= 15 is 0 Å². The molecule has 0 aliphatic carbocycles. The minimum atomic E-state index is -1.01. The fourth-order valence-corrected chi connectivity index (χ4v) is 3.35. The predicted molar refractivity (Wildman–Crippen MR) is 138 cm³/mol. The predicted octanol–water partition coefficient (Wildman–Crippen LogP) is 4.27. The number of carbonyl (C=O) groups excluding carboxylic acids is 5. The van der Waals surface area contributed by atoms with Crippen LogP contribution in [0.25, 0.3) is 0 Å². The Hall–Kier alpha value is -4.79. The molecular formula is C29H27NO8. The van der Waals surface area contributed by atoms with Gasteiger partial charge in [-0.05, 0) is 55.5 Å². The summed E-state index contributed by atoms with van der Waals surface area (Å²) in [7, 11) is 1.52. The van der Waals surface area contributed by atoms with Gasteiger partial charge in [-0.2, -0.15) is 0 Å². The van der Waals surface area contributed by atoms with Crippen molar-refractivity contribution in [3.8, 4) is 5.75 Å². The molecule has 0 aromatic heterocycles. The number of hydrogen-bond acceptors (Lipinski definition) is 8. The molecule has 9 heteroatoms. The average Bonchev–Trinajstić information content (AvgIpc) is 2.95. The number of nitrogens with one attached hydrogen (secondary N) is 1. The molecule has 0 saturated carbocycles. The first-order valence-electron chi connectivity index (χ1n) is 11.8. The molecule has 9 nitrogen and oxygen atoms in total. The summed E-state index contributed by atoms with van der Waals surface area (Å²) in [6, 6.07) is 20.8. The van der Waals surface area contributed by atoms with Crippen molar-refractivity contribution < 1.29 is 38.2 Å². The molecule has 3 aromatic rings. The summed E-state index contributed by atoms with van der Waals surface area (Å²) in [5, 5.41) is 2.62. The van der Waals surface area contributed by atoms with Gasteiger partial charge in [-0.25, -0.2) is 4.79 Å². The monoisotopic (exact) mass is 517 g/mol. The lowest BCUT2D eigenvalue weighted by Gasteiger charge is -2.13. The second-order valence-electron chi connectivity index (χ2n) is 8.22. The standard InChI is InChI=1S/C29H27NO8/c1-19(28(34)21-10-14-24(36-2)15-11-21)38-27(33)17-16-26(32)30-23-12-8-22(9-13-23)29(35)37-18-25(31)20-6-4-3-5-7-20/h3-15,19H,16-18H2,1-2H3,(H,30,32). The van der Waals surface area contributed by atoms with Crippen LogP contribution in [0.3, 0.4) is 0 Å². The maximum Gasteiger partial charge on any atom is 0.338 e. The second kappa shape index (κ2) is 13.5. The maximum absolute atomic E-state index is 12.4. The molecule has 0 heterocycles. The summed E-state index contributed by atoms with van der Waals surface area (Å²) < 4.78 is 15.3.